The summed E-state index contributed by atoms with van der Waals surface area (Å²) >= 11 is 1.46. The van der Waals surface area contributed by atoms with Crippen LogP contribution in [0.3, 0.4) is 0 Å². The van der Waals surface area contributed by atoms with Gasteiger partial charge in [-0.1, -0.05) is 0 Å². The molecular weight excluding hydrogens is 498 g/mol. The summed E-state index contributed by atoms with van der Waals surface area (Å²) in [5, 5.41) is 6.26. The number of anilines is 1. The molecule has 0 bridgehead atoms. The first kappa shape index (κ1) is 26.9. The SMILES string of the molecule is COCCOCCOCC(=O)N1CCC(c2nc(C(=O)Nc3ccc4oc(C(C)=O)cc4c3)cs2)CC1. The van der Waals surface area contributed by atoms with Gasteiger partial charge in [0.05, 0.1) is 31.4 Å². The third-order valence-corrected chi connectivity index (χ3v) is 7.11. The van der Waals surface area contributed by atoms with Gasteiger partial charge in [-0.25, -0.2) is 4.98 Å². The quantitative estimate of drug-likeness (QED) is 0.278. The fourth-order valence-electron chi connectivity index (χ4n) is 4.06. The maximum atomic E-state index is 12.8. The fourth-order valence-corrected chi connectivity index (χ4v) is 5.03. The standard InChI is InChI=1S/C26H31N3O7S/c1-17(30)23-14-19-13-20(3-4-22(19)36-23)27-25(32)21-16-37-26(28-21)18-5-7-29(8-6-18)24(31)15-35-12-11-34-10-9-33-2/h3-4,13-14,16,18H,5-12,15H2,1-2H3,(H,27,32). The monoisotopic (exact) mass is 529 g/mol. The van der Waals surface area contributed by atoms with Crippen LogP contribution < -0.4 is 5.32 Å². The molecule has 1 fully saturated rings. The number of Topliss-reactive ketones (excluding diaryl/α,β-unsaturated/α-hetero) is 1. The Balaban J connectivity index is 1.23. The van der Waals surface area contributed by atoms with Crippen molar-refractivity contribution in [1.29, 1.82) is 0 Å². The molecule has 198 valence electrons. The largest absolute Gasteiger partial charge is 0.453 e. The van der Waals surface area contributed by atoms with Crippen LogP contribution in [0.5, 0.6) is 0 Å². The Labute approximate surface area is 218 Å². The number of nitrogens with zero attached hydrogens (tertiary/aromatic N) is 2. The van der Waals surface area contributed by atoms with Gasteiger partial charge in [0.2, 0.25) is 5.91 Å². The lowest BCUT2D eigenvalue weighted by Gasteiger charge is -2.31. The molecule has 1 N–H and O–H groups in total. The zero-order chi connectivity index (χ0) is 26.2. The number of ketones is 1. The molecule has 0 spiro atoms. The molecule has 3 heterocycles. The van der Waals surface area contributed by atoms with E-state index in [1.54, 1.807) is 36.8 Å². The van der Waals surface area contributed by atoms with E-state index in [2.05, 4.69) is 10.3 Å². The maximum absolute atomic E-state index is 12.8. The van der Waals surface area contributed by atoms with Crippen molar-refractivity contribution >= 4 is 45.6 Å². The molecule has 2 aromatic heterocycles. The highest BCUT2D eigenvalue weighted by Crippen LogP contribution is 2.31. The van der Waals surface area contributed by atoms with Crippen molar-refractivity contribution in [3.05, 3.63) is 46.1 Å². The number of fused-ring (bicyclic) bond motifs is 1. The number of thiazole rings is 1. The summed E-state index contributed by atoms with van der Waals surface area (Å²) in [7, 11) is 1.62. The molecule has 0 unspecified atom stereocenters. The molecule has 1 aliphatic heterocycles. The average molecular weight is 530 g/mol. The van der Waals surface area contributed by atoms with E-state index in [0.29, 0.717) is 56.5 Å². The molecule has 10 nitrogen and oxygen atoms in total. The normalized spacial score (nSPS) is 14.3. The number of aromatic nitrogens is 1. The van der Waals surface area contributed by atoms with E-state index in [1.165, 1.54) is 18.3 Å². The molecule has 1 aromatic carbocycles. The summed E-state index contributed by atoms with van der Waals surface area (Å²) in [6.07, 6.45) is 1.58. The Morgan fingerprint density at radius 1 is 1.11 bits per heavy atom. The van der Waals surface area contributed by atoms with Crippen LogP contribution in [-0.4, -0.2) is 80.7 Å². The summed E-state index contributed by atoms with van der Waals surface area (Å²) in [6, 6.07) is 6.88. The number of hydrogen-bond donors (Lipinski definition) is 1. The second-order valence-corrected chi connectivity index (χ2v) is 9.65. The molecule has 0 saturated carbocycles. The Morgan fingerprint density at radius 2 is 1.86 bits per heavy atom. The van der Waals surface area contributed by atoms with Crippen LogP contribution >= 0.6 is 11.3 Å². The van der Waals surface area contributed by atoms with Gasteiger partial charge in [0.25, 0.3) is 5.91 Å². The summed E-state index contributed by atoms with van der Waals surface area (Å²) in [4.78, 5) is 43.1. The van der Waals surface area contributed by atoms with Crippen LogP contribution in [0, 0.1) is 0 Å². The Bertz CT molecular complexity index is 1230. The van der Waals surface area contributed by atoms with Gasteiger partial charge in [0.1, 0.15) is 17.9 Å². The van der Waals surface area contributed by atoms with Gasteiger partial charge < -0.3 is 28.8 Å². The van der Waals surface area contributed by atoms with E-state index in [0.717, 1.165) is 23.2 Å². The molecule has 2 amide bonds. The second kappa shape index (κ2) is 12.9. The molecule has 11 heteroatoms. The summed E-state index contributed by atoms with van der Waals surface area (Å²) < 4.78 is 21.1. The maximum Gasteiger partial charge on any atom is 0.275 e. The third-order valence-electron chi connectivity index (χ3n) is 6.10. The van der Waals surface area contributed by atoms with E-state index in [1.807, 2.05) is 4.90 Å². The predicted octanol–water partition coefficient (Wildman–Crippen LogP) is 3.73. The number of likely N-dealkylation sites (tertiary alicyclic amines) is 1. The van der Waals surface area contributed by atoms with Gasteiger partial charge in [-0.15, -0.1) is 11.3 Å². The number of benzene rings is 1. The van der Waals surface area contributed by atoms with E-state index in [4.69, 9.17) is 18.6 Å². The van der Waals surface area contributed by atoms with Crippen LogP contribution in [0.2, 0.25) is 0 Å². The lowest BCUT2D eigenvalue weighted by Crippen LogP contribution is -2.40. The minimum absolute atomic E-state index is 0.0282. The number of ether oxygens (including phenoxy) is 3. The zero-order valence-electron chi connectivity index (χ0n) is 21.0. The number of rotatable bonds is 12. The van der Waals surface area contributed by atoms with Gasteiger partial charge in [-0.05, 0) is 37.1 Å². The zero-order valence-corrected chi connectivity index (χ0v) is 21.8. The number of carbonyl (C=O) groups is 3. The van der Waals surface area contributed by atoms with Gasteiger partial charge in [-0.2, -0.15) is 0 Å². The lowest BCUT2D eigenvalue weighted by molar-refractivity contribution is -0.137. The van der Waals surface area contributed by atoms with E-state index >= 15 is 0 Å². The minimum Gasteiger partial charge on any atom is -0.453 e. The first-order valence-electron chi connectivity index (χ1n) is 12.2. The van der Waals surface area contributed by atoms with Crippen molar-refractivity contribution in [3.8, 4) is 0 Å². The molecule has 37 heavy (non-hydrogen) atoms. The molecule has 0 radical (unpaired) electrons. The number of hydrogen-bond acceptors (Lipinski definition) is 9. The Kier molecular flexibility index (Phi) is 9.40. The Morgan fingerprint density at radius 3 is 2.62 bits per heavy atom. The minimum atomic E-state index is -0.298. The number of amides is 2. The smallest absolute Gasteiger partial charge is 0.275 e. The molecule has 0 aliphatic carbocycles. The second-order valence-electron chi connectivity index (χ2n) is 8.76. The third kappa shape index (κ3) is 7.22. The first-order chi connectivity index (χ1) is 17.9. The number of piperidine rings is 1. The molecular formula is C26H31N3O7S. The number of carbonyl (C=O) groups excluding carboxylic acids is 3. The highest BCUT2D eigenvalue weighted by molar-refractivity contribution is 7.10. The molecule has 0 atom stereocenters. The van der Waals surface area contributed by atoms with Crippen molar-refractivity contribution in [2.75, 3.05) is 58.6 Å². The predicted molar refractivity (Wildman–Crippen MR) is 138 cm³/mol. The summed E-state index contributed by atoms with van der Waals surface area (Å²) in [6.45, 7) is 4.58. The molecule has 4 rings (SSSR count). The highest BCUT2D eigenvalue weighted by atomic mass is 32.1. The summed E-state index contributed by atoms with van der Waals surface area (Å²) in [5.74, 6) is 0.0108. The van der Waals surface area contributed by atoms with E-state index in [-0.39, 0.29) is 35.9 Å². The van der Waals surface area contributed by atoms with Gasteiger partial charge in [0, 0.05) is 49.5 Å². The molecule has 1 saturated heterocycles. The number of nitrogens with one attached hydrogen (secondary N) is 1. The van der Waals surface area contributed by atoms with Gasteiger partial charge in [-0.3, -0.25) is 14.4 Å². The van der Waals surface area contributed by atoms with Crippen LogP contribution in [-0.2, 0) is 19.0 Å². The van der Waals surface area contributed by atoms with Crippen LogP contribution in [0.15, 0.2) is 34.1 Å². The number of furan rings is 1. The van der Waals surface area contributed by atoms with E-state index in [9.17, 15) is 14.4 Å². The van der Waals surface area contributed by atoms with E-state index < -0.39 is 0 Å². The lowest BCUT2D eigenvalue weighted by atomic mass is 9.97. The molecule has 1 aliphatic rings. The van der Waals surface area contributed by atoms with Crippen LogP contribution in [0.1, 0.15) is 51.7 Å². The first-order valence-corrected chi connectivity index (χ1v) is 13.1. The highest BCUT2D eigenvalue weighted by Gasteiger charge is 2.26. The van der Waals surface area contributed by atoms with Gasteiger partial charge in [0.15, 0.2) is 11.5 Å². The Hall–Kier alpha value is -3.12. The van der Waals surface area contributed by atoms with Crippen molar-refractivity contribution < 1.29 is 33.0 Å². The van der Waals surface area contributed by atoms with Crippen molar-refractivity contribution in [1.82, 2.24) is 9.88 Å². The van der Waals surface area contributed by atoms with Crippen molar-refractivity contribution in [2.24, 2.45) is 0 Å². The average Bonchev–Trinajstić information content (AvgIpc) is 3.56. The van der Waals surface area contributed by atoms with Crippen molar-refractivity contribution in [2.45, 2.75) is 25.7 Å². The number of methoxy groups -OCH3 is 1. The summed E-state index contributed by atoms with van der Waals surface area (Å²) in [5.41, 5.74) is 1.54. The fraction of sp³-hybridized carbons (Fsp3) is 0.462. The van der Waals surface area contributed by atoms with Crippen molar-refractivity contribution in [3.63, 3.8) is 0 Å². The van der Waals surface area contributed by atoms with Crippen LogP contribution in [0.4, 0.5) is 5.69 Å². The topological polar surface area (TPSA) is 120 Å². The molecule has 3 aromatic rings. The van der Waals surface area contributed by atoms with Crippen LogP contribution in [0.25, 0.3) is 11.0 Å². The van der Waals surface area contributed by atoms with Gasteiger partial charge >= 0.3 is 0 Å².